The monoisotopic (exact) mass is 324 g/mol. The largest absolute Gasteiger partial charge is 0.355 e. The molecule has 5 nitrogen and oxygen atoms in total. The Morgan fingerprint density at radius 1 is 1.33 bits per heavy atom. The van der Waals surface area contributed by atoms with E-state index in [1.807, 2.05) is 49.2 Å². The van der Waals surface area contributed by atoms with Gasteiger partial charge in [0.2, 0.25) is 5.91 Å². The van der Waals surface area contributed by atoms with E-state index in [9.17, 15) is 4.79 Å². The Morgan fingerprint density at radius 3 is 2.96 bits per heavy atom. The highest BCUT2D eigenvalue weighted by atomic mass is 16.2. The van der Waals surface area contributed by atoms with Gasteiger partial charge in [-0.3, -0.25) is 9.78 Å². The molecule has 5 heteroatoms. The first kappa shape index (κ1) is 16.4. The maximum absolute atomic E-state index is 12.6. The van der Waals surface area contributed by atoms with Gasteiger partial charge in [-0.2, -0.15) is 0 Å². The molecule has 3 rings (SSSR count). The van der Waals surface area contributed by atoms with Crippen molar-refractivity contribution < 1.29 is 4.79 Å². The van der Waals surface area contributed by atoms with Crippen LogP contribution < -0.4 is 4.90 Å². The third-order valence-corrected chi connectivity index (χ3v) is 4.61. The molecule has 0 N–H and O–H groups in total. The van der Waals surface area contributed by atoms with Gasteiger partial charge < -0.3 is 9.80 Å². The molecule has 1 aliphatic heterocycles. The molecule has 3 heterocycles. The molecule has 1 aliphatic rings. The number of carbonyl (C=O) groups excluding carboxylic acids is 1. The Kier molecular flexibility index (Phi) is 5.08. The zero-order chi connectivity index (χ0) is 16.9. The molecule has 1 amide bonds. The Labute approximate surface area is 143 Å². The van der Waals surface area contributed by atoms with E-state index in [0.717, 1.165) is 43.0 Å². The maximum Gasteiger partial charge on any atom is 0.227 e. The fourth-order valence-electron chi connectivity index (χ4n) is 3.19. The number of carbonyl (C=O) groups is 1. The molecule has 1 saturated heterocycles. The van der Waals surface area contributed by atoms with Crippen molar-refractivity contribution >= 4 is 11.7 Å². The summed E-state index contributed by atoms with van der Waals surface area (Å²) in [4.78, 5) is 25.5. The molecule has 126 valence electrons. The van der Waals surface area contributed by atoms with Crippen LogP contribution in [-0.4, -0.2) is 47.0 Å². The lowest BCUT2D eigenvalue weighted by Crippen LogP contribution is -2.49. The summed E-state index contributed by atoms with van der Waals surface area (Å²) in [5.41, 5.74) is 1.98. The molecule has 1 atom stereocenters. The summed E-state index contributed by atoms with van der Waals surface area (Å²) in [5, 5.41) is 0. The van der Waals surface area contributed by atoms with Crippen molar-refractivity contribution in [1.82, 2.24) is 14.9 Å². The lowest BCUT2D eigenvalue weighted by atomic mass is 10.0. The van der Waals surface area contributed by atoms with E-state index in [2.05, 4.69) is 14.9 Å². The Balaban J connectivity index is 1.64. The fraction of sp³-hybridized carbons (Fsp3) is 0.421. The number of aromatic nitrogens is 2. The van der Waals surface area contributed by atoms with Crippen LogP contribution in [-0.2, 0) is 11.2 Å². The first-order valence-corrected chi connectivity index (χ1v) is 8.46. The molecule has 0 unspecified atom stereocenters. The van der Waals surface area contributed by atoms with Crippen molar-refractivity contribution in [3.05, 3.63) is 54.0 Å². The molecule has 2 aromatic heterocycles. The Hall–Kier alpha value is -2.43. The van der Waals surface area contributed by atoms with Crippen LogP contribution in [0.4, 0.5) is 5.82 Å². The summed E-state index contributed by atoms with van der Waals surface area (Å²) in [5.74, 6) is 1.15. The molecule has 0 bridgehead atoms. The van der Waals surface area contributed by atoms with Crippen molar-refractivity contribution in [2.45, 2.75) is 32.2 Å². The summed E-state index contributed by atoms with van der Waals surface area (Å²) in [6.45, 7) is 3.85. The average Bonchev–Trinajstić information content (AvgIpc) is 2.62. The van der Waals surface area contributed by atoms with Crippen molar-refractivity contribution in [2.24, 2.45) is 0 Å². The van der Waals surface area contributed by atoms with E-state index in [1.165, 1.54) is 0 Å². The number of rotatable bonds is 4. The highest BCUT2D eigenvalue weighted by molar-refractivity contribution is 5.78. The number of nitrogens with zero attached hydrogens (tertiary/aromatic N) is 4. The van der Waals surface area contributed by atoms with Crippen molar-refractivity contribution in [3.8, 4) is 0 Å². The molecule has 24 heavy (non-hydrogen) atoms. The number of aryl methyl sites for hydroxylation is 1. The Bertz CT molecular complexity index is 689. The molecular weight excluding hydrogens is 300 g/mol. The number of hydrogen-bond acceptors (Lipinski definition) is 4. The van der Waals surface area contributed by atoms with Gasteiger partial charge in [0, 0.05) is 44.3 Å². The first-order valence-electron chi connectivity index (χ1n) is 8.46. The van der Waals surface area contributed by atoms with E-state index >= 15 is 0 Å². The minimum Gasteiger partial charge on any atom is -0.355 e. The normalized spacial score (nSPS) is 17.6. The quantitative estimate of drug-likeness (QED) is 0.867. The van der Waals surface area contributed by atoms with Crippen molar-refractivity contribution in [3.63, 3.8) is 0 Å². The SMILES string of the molecule is Cc1cccc(N2CCC[C@@H](N(C)C(=O)Cc3cccnc3)C2)n1. The van der Waals surface area contributed by atoms with Crippen molar-refractivity contribution in [2.75, 3.05) is 25.0 Å². The van der Waals surface area contributed by atoms with Crippen LogP contribution in [0.25, 0.3) is 0 Å². The molecule has 0 aliphatic carbocycles. The second-order valence-corrected chi connectivity index (χ2v) is 6.42. The Morgan fingerprint density at radius 2 is 2.21 bits per heavy atom. The number of piperidine rings is 1. The third kappa shape index (κ3) is 3.91. The topological polar surface area (TPSA) is 49.3 Å². The van der Waals surface area contributed by atoms with Gasteiger partial charge in [-0.05, 0) is 43.5 Å². The maximum atomic E-state index is 12.6. The van der Waals surface area contributed by atoms with Gasteiger partial charge in [0.05, 0.1) is 6.42 Å². The van der Waals surface area contributed by atoms with Gasteiger partial charge in [0.1, 0.15) is 5.82 Å². The van der Waals surface area contributed by atoms with Crippen LogP contribution in [0, 0.1) is 6.92 Å². The molecule has 0 saturated carbocycles. The highest BCUT2D eigenvalue weighted by Gasteiger charge is 2.26. The predicted molar refractivity (Wildman–Crippen MR) is 94.9 cm³/mol. The summed E-state index contributed by atoms with van der Waals surface area (Å²) in [6, 6.07) is 10.1. The van der Waals surface area contributed by atoms with Gasteiger partial charge in [-0.25, -0.2) is 4.98 Å². The summed E-state index contributed by atoms with van der Waals surface area (Å²) >= 11 is 0. The van der Waals surface area contributed by atoms with Crippen LogP contribution in [0.15, 0.2) is 42.7 Å². The molecule has 0 spiro atoms. The lowest BCUT2D eigenvalue weighted by Gasteiger charge is -2.38. The molecule has 0 aromatic carbocycles. The van der Waals surface area contributed by atoms with Crippen LogP contribution in [0.1, 0.15) is 24.1 Å². The van der Waals surface area contributed by atoms with Crippen molar-refractivity contribution in [1.29, 1.82) is 0 Å². The minimum atomic E-state index is 0.145. The van der Waals surface area contributed by atoms with Gasteiger partial charge in [-0.1, -0.05) is 12.1 Å². The van der Waals surface area contributed by atoms with E-state index in [0.29, 0.717) is 6.42 Å². The van der Waals surface area contributed by atoms with Gasteiger partial charge >= 0.3 is 0 Å². The van der Waals surface area contributed by atoms with Crippen LogP contribution in [0.2, 0.25) is 0 Å². The van der Waals surface area contributed by atoms with Gasteiger partial charge in [0.15, 0.2) is 0 Å². The third-order valence-electron chi connectivity index (χ3n) is 4.61. The standard InChI is InChI=1S/C19H24N4O/c1-15-6-3-9-18(21-15)23-11-5-8-17(14-23)22(2)19(24)12-16-7-4-10-20-13-16/h3-4,6-7,9-10,13,17H,5,8,11-12,14H2,1-2H3/t17-/m1/s1. The second kappa shape index (κ2) is 7.43. The van der Waals surface area contributed by atoms with E-state index < -0.39 is 0 Å². The lowest BCUT2D eigenvalue weighted by molar-refractivity contribution is -0.131. The predicted octanol–water partition coefficient (Wildman–Crippen LogP) is 2.45. The van der Waals surface area contributed by atoms with Crippen LogP contribution >= 0.6 is 0 Å². The number of amides is 1. The average molecular weight is 324 g/mol. The van der Waals surface area contributed by atoms with Gasteiger partial charge in [0.25, 0.3) is 0 Å². The number of hydrogen-bond donors (Lipinski definition) is 0. The highest BCUT2D eigenvalue weighted by Crippen LogP contribution is 2.21. The zero-order valence-electron chi connectivity index (χ0n) is 14.4. The van der Waals surface area contributed by atoms with E-state index in [-0.39, 0.29) is 11.9 Å². The minimum absolute atomic E-state index is 0.145. The molecule has 0 radical (unpaired) electrons. The summed E-state index contributed by atoms with van der Waals surface area (Å²) in [6.07, 6.45) is 6.01. The second-order valence-electron chi connectivity index (χ2n) is 6.42. The van der Waals surface area contributed by atoms with Crippen LogP contribution in [0.3, 0.4) is 0 Å². The molecular formula is C19H24N4O. The van der Waals surface area contributed by atoms with E-state index in [1.54, 1.807) is 12.4 Å². The smallest absolute Gasteiger partial charge is 0.227 e. The van der Waals surface area contributed by atoms with E-state index in [4.69, 9.17) is 0 Å². The fourth-order valence-corrected chi connectivity index (χ4v) is 3.19. The number of pyridine rings is 2. The summed E-state index contributed by atoms with van der Waals surface area (Å²) in [7, 11) is 1.91. The summed E-state index contributed by atoms with van der Waals surface area (Å²) < 4.78 is 0. The van der Waals surface area contributed by atoms with Crippen LogP contribution in [0.5, 0.6) is 0 Å². The first-order chi connectivity index (χ1) is 11.6. The molecule has 1 fully saturated rings. The number of anilines is 1. The zero-order valence-corrected chi connectivity index (χ0v) is 14.4. The molecule has 2 aromatic rings. The number of likely N-dealkylation sites (N-methyl/N-ethyl adjacent to an activating group) is 1. The van der Waals surface area contributed by atoms with Gasteiger partial charge in [-0.15, -0.1) is 0 Å².